The first-order chi connectivity index (χ1) is 16.6. The minimum absolute atomic E-state index is 0.183. The van der Waals surface area contributed by atoms with E-state index in [4.69, 9.17) is 11.6 Å². The van der Waals surface area contributed by atoms with Crippen molar-refractivity contribution in [2.24, 2.45) is 0 Å². The number of benzene rings is 4. The molecule has 0 saturated heterocycles. The van der Waals surface area contributed by atoms with E-state index < -0.39 is 5.41 Å². The summed E-state index contributed by atoms with van der Waals surface area (Å²) >= 11 is 6.45. The summed E-state index contributed by atoms with van der Waals surface area (Å²) in [6.07, 6.45) is 0. The molecule has 0 radical (unpaired) electrons. The molecule has 4 nitrogen and oxygen atoms in total. The second-order valence-corrected chi connectivity index (χ2v) is 9.77. The summed E-state index contributed by atoms with van der Waals surface area (Å²) in [5.41, 5.74) is 6.46. The van der Waals surface area contributed by atoms with Crippen LogP contribution in [0.25, 0.3) is 11.1 Å². The Morgan fingerprint density at radius 1 is 0.743 bits per heavy atom. The number of carbonyl (C=O) groups is 1. The van der Waals surface area contributed by atoms with Crippen molar-refractivity contribution in [3.8, 4) is 22.6 Å². The van der Waals surface area contributed by atoms with Gasteiger partial charge in [0.2, 0.25) is 5.91 Å². The summed E-state index contributed by atoms with van der Waals surface area (Å²) in [4.78, 5) is 14.0. The summed E-state index contributed by atoms with van der Waals surface area (Å²) in [7, 11) is 0. The molecule has 0 spiro atoms. The van der Waals surface area contributed by atoms with Gasteiger partial charge in [0.25, 0.3) is 0 Å². The smallest absolute Gasteiger partial charge is 0.244 e. The van der Waals surface area contributed by atoms with E-state index in [1.807, 2.05) is 94.4 Å². The summed E-state index contributed by atoms with van der Waals surface area (Å²) in [6.45, 7) is 7.34. The lowest BCUT2D eigenvalue weighted by Crippen LogP contribution is -2.37. The topological polar surface area (TPSA) is 69.6 Å². The van der Waals surface area contributed by atoms with E-state index in [9.17, 15) is 15.0 Å². The minimum Gasteiger partial charge on any atom is -0.507 e. The number of anilines is 1. The van der Waals surface area contributed by atoms with Gasteiger partial charge >= 0.3 is 0 Å². The third-order valence-electron chi connectivity index (χ3n) is 7.05. The van der Waals surface area contributed by atoms with Crippen molar-refractivity contribution in [2.75, 3.05) is 5.32 Å². The number of aromatic hydroxyl groups is 2. The van der Waals surface area contributed by atoms with Crippen molar-refractivity contribution in [3.63, 3.8) is 0 Å². The highest BCUT2D eigenvalue weighted by molar-refractivity contribution is 6.33. The van der Waals surface area contributed by atoms with Gasteiger partial charge in [0.15, 0.2) is 0 Å². The maximum Gasteiger partial charge on any atom is 0.244 e. The Morgan fingerprint density at radius 3 is 1.77 bits per heavy atom. The van der Waals surface area contributed by atoms with Gasteiger partial charge in [-0.25, -0.2) is 0 Å². The van der Waals surface area contributed by atoms with Crippen LogP contribution in [0.1, 0.15) is 38.9 Å². The van der Waals surface area contributed by atoms with Gasteiger partial charge in [0.05, 0.1) is 0 Å². The largest absolute Gasteiger partial charge is 0.507 e. The molecule has 0 unspecified atom stereocenters. The molecule has 1 aliphatic heterocycles. The molecule has 35 heavy (non-hydrogen) atoms. The van der Waals surface area contributed by atoms with Crippen molar-refractivity contribution < 1.29 is 15.0 Å². The lowest BCUT2D eigenvalue weighted by molar-refractivity contribution is -0.118. The number of amides is 1. The standard InChI is InChI=1S/C30H26ClNO3/c1-16-11-21(12-17(2)27(16)33)30(22-13-18(3)28(34)19(4)14-22)24-10-9-20(15-26(24)32-29(30)35)23-7-5-6-8-25(23)31/h5-15,33-34H,1-4H3,(H,32,35). The maximum atomic E-state index is 14.0. The number of fused-ring (bicyclic) bond motifs is 1. The van der Waals surface area contributed by atoms with Crippen molar-refractivity contribution in [2.45, 2.75) is 33.1 Å². The van der Waals surface area contributed by atoms with Gasteiger partial charge in [0.1, 0.15) is 16.9 Å². The molecule has 176 valence electrons. The molecule has 0 bridgehead atoms. The van der Waals surface area contributed by atoms with Crippen LogP contribution in [0.5, 0.6) is 11.5 Å². The van der Waals surface area contributed by atoms with Crippen LogP contribution in [0, 0.1) is 27.7 Å². The second-order valence-electron chi connectivity index (χ2n) is 9.36. The summed E-state index contributed by atoms with van der Waals surface area (Å²) in [6, 6.07) is 21.0. The first-order valence-electron chi connectivity index (χ1n) is 11.5. The van der Waals surface area contributed by atoms with Crippen molar-refractivity contribution in [3.05, 3.63) is 111 Å². The Kier molecular flexibility index (Phi) is 5.37. The lowest BCUT2D eigenvalue weighted by atomic mass is 9.68. The van der Waals surface area contributed by atoms with Crippen LogP contribution in [0.2, 0.25) is 5.02 Å². The zero-order valence-electron chi connectivity index (χ0n) is 20.0. The maximum absolute atomic E-state index is 14.0. The van der Waals surface area contributed by atoms with Crippen LogP contribution in [0.15, 0.2) is 66.7 Å². The molecule has 0 atom stereocenters. The number of nitrogens with one attached hydrogen (secondary N) is 1. The molecular formula is C30H26ClNO3. The molecule has 5 heteroatoms. The number of phenolic OH excluding ortho intramolecular Hbond substituents is 2. The zero-order valence-corrected chi connectivity index (χ0v) is 20.8. The highest BCUT2D eigenvalue weighted by Gasteiger charge is 2.50. The molecule has 0 aliphatic carbocycles. The SMILES string of the molecule is Cc1cc(C2(c3cc(C)c(O)c(C)c3)C(=O)Nc3cc(-c4ccccc4Cl)ccc32)cc(C)c1O. The average Bonchev–Trinajstić information content (AvgIpc) is 3.12. The first-order valence-corrected chi connectivity index (χ1v) is 11.8. The number of carbonyl (C=O) groups excluding carboxylic acids is 1. The number of phenols is 2. The summed E-state index contributed by atoms with van der Waals surface area (Å²) < 4.78 is 0. The van der Waals surface area contributed by atoms with E-state index >= 15 is 0 Å². The second kappa shape index (κ2) is 8.17. The van der Waals surface area contributed by atoms with Crippen LogP contribution in [0.4, 0.5) is 5.69 Å². The van der Waals surface area contributed by atoms with Crippen LogP contribution >= 0.6 is 11.6 Å². The Balaban J connectivity index is 1.83. The molecular weight excluding hydrogens is 458 g/mol. The molecule has 1 heterocycles. The van der Waals surface area contributed by atoms with E-state index in [-0.39, 0.29) is 17.4 Å². The van der Waals surface area contributed by atoms with Crippen molar-refractivity contribution >= 4 is 23.2 Å². The van der Waals surface area contributed by atoms with Gasteiger partial charge in [-0.1, -0.05) is 66.2 Å². The molecule has 4 aromatic carbocycles. The predicted octanol–water partition coefficient (Wildman–Crippen LogP) is 6.94. The molecule has 1 aliphatic rings. The van der Waals surface area contributed by atoms with Crippen LogP contribution in [-0.4, -0.2) is 16.1 Å². The minimum atomic E-state index is -1.15. The van der Waals surface area contributed by atoms with E-state index in [0.717, 1.165) is 27.8 Å². The van der Waals surface area contributed by atoms with Gasteiger partial charge in [0, 0.05) is 21.8 Å². The lowest BCUT2D eigenvalue weighted by Gasteiger charge is -2.31. The van der Waals surface area contributed by atoms with Gasteiger partial charge in [-0.2, -0.15) is 0 Å². The van der Waals surface area contributed by atoms with Crippen LogP contribution in [-0.2, 0) is 10.2 Å². The number of hydrogen-bond donors (Lipinski definition) is 3. The highest BCUT2D eigenvalue weighted by atomic mass is 35.5. The third kappa shape index (κ3) is 3.40. The molecule has 0 saturated carbocycles. The van der Waals surface area contributed by atoms with Crippen LogP contribution in [0.3, 0.4) is 0 Å². The Hall–Kier alpha value is -3.76. The summed E-state index contributed by atoms with van der Waals surface area (Å²) in [5.74, 6) is 0.252. The van der Waals surface area contributed by atoms with Gasteiger partial charge in [-0.15, -0.1) is 0 Å². The number of halogens is 1. The fourth-order valence-corrected chi connectivity index (χ4v) is 5.51. The zero-order chi connectivity index (χ0) is 25.1. The van der Waals surface area contributed by atoms with E-state index in [1.165, 1.54) is 0 Å². The molecule has 0 fully saturated rings. The predicted molar refractivity (Wildman–Crippen MR) is 141 cm³/mol. The number of aryl methyl sites for hydroxylation is 4. The number of rotatable bonds is 3. The number of hydrogen-bond acceptors (Lipinski definition) is 3. The van der Waals surface area contributed by atoms with Gasteiger partial charge < -0.3 is 15.5 Å². The molecule has 5 rings (SSSR count). The van der Waals surface area contributed by atoms with E-state index in [1.54, 1.807) is 0 Å². The highest BCUT2D eigenvalue weighted by Crippen LogP contribution is 2.50. The van der Waals surface area contributed by atoms with Crippen molar-refractivity contribution in [1.29, 1.82) is 0 Å². The molecule has 3 N–H and O–H groups in total. The van der Waals surface area contributed by atoms with Gasteiger partial charge in [-0.3, -0.25) is 4.79 Å². The average molecular weight is 484 g/mol. The third-order valence-corrected chi connectivity index (χ3v) is 7.37. The molecule has 0 aromatic heterocycles. The normalized spacial score (nSPS) is 14.0. The van der Waals surface area contributed by atoms with Crippen LogP contribution < -0.4 is 5.32 Å². The van der Waals surface area contributed by atoms with Crippen molar-refractivity contribution in [1.82, 2.24) is 0 Å². The Labute approximate surface area is 209 Å². The molecule has 4 aromatic rings. The Morgan fingerprint density at radius 2 is 1.26 bits per heavy atom. The fraction of sp³-hybridized carbons (Fsp3) is 0.167. The fourth-order valence-electron chi connectivity index (χ4n) is 5.26. The Bertz CT molecular complexity index is 1420. The summed E-state index contributed by atoms with van der Waals surface area (Å²) in [5, 5.41) is 24.7. The quantitative estimate of drug-likeness (QED) is 0.295. The van der Waals surface area contributed by atoms with E-state index in [2.05, 4.69) is 5.32 Å². The van der Waals surface area contributed by atoms with E-state index in [0.29, 0.717) is 33.0 Å². The van der Waals surface area contributed by atoms with Gasteiger partial charge in [-0.05, 0) is 78.8 Å². The molecule has 1 amide bonds. The first kappa shape index (κ1) is 23.0. The monoisotopic (exact) mass is 483 g/mol.